The molecule has 3 aromatic rings. The fourth-order valence-electron chi connectivity index (χ4n) is 5.44. The van der Waals surface area contributed by atoms with Crippen molar-refractivity contribution in [3.8, 4) is 0 Å². The molecular formula is C24H33Cl2NSiTi. The van der Waals surface area contributed by atoms with E-state index in [1.807, 2.05) is 0 Å². The zero-order chi connectivity index (χ0) is 18.6. The van der Waals surface area contributed by atoms with Crippen LogP contribution in [0.3, 0.4) is 0 Å². The molecule has 1 aliphatic rings. The normalized spacial score (nSPS) is 15.2. The molecule has 0 heterocycles. The number of allylic oxidation sites excluding steroid dienone is 2. The molecular weight excluding hydrogens is 449 g/mol. The summed E-state index contributed by atoms with van der Waals surface area (Å²) in [5, 5.41) is 10.7. The molecule has 29 heavy (non-hydrogen) atoms. The van der Waals surface area contributed by atoms with Crippen LogP contribution < -0.4 is 28.6 Å². The predicted molar refractivity (Wildman–Crippen MR) is 124 cm³/mol. The largest absolute Gasteiger partial charge is 1.00 e. The van der Waals surface area contributed by atoms with Gasteiger partial charge in [-0.2, -0.15) is 0 Å². The smallest absolute Gasteiger partial charge is 0.0149 e. The second-order valence-corrected chi connectivity index (χ2v) is 14.9. The first kappa shape index (κ1) is 26.4. The molecule has 0 saturated heterocycles. The van der Waals surface area contributed by atoms with E-state index in [0.29, 0.717) is 12.0 Å². The molecule has 0 radical (unpaired) electrons. The van der Waals surface area contributed by atoms with Crippen LogP contribution in [0.5, 0.6) is 0 Å². The summed E-state index contributed by atoms with van der Waals surface area (Å²) < 4.78 is 5.70. The van der Waals surface area contributed by atoms with E-state index < -0.39 is 16.8 Å². The topological polar surface area (TPSA) is 12.0 Å². The van der Waals surface area contributed by atoms with Crippen LogP contribution in [0.25, 0.3) is 27.1 Å². The molecule has 0 saturated carbocycles. The minimum atomic E-state index is -2.29. The molecule has 0 spiro atoms. The van der Waals surface area contributed by atoms with Gasteiger partial charge >= 0.3 is 161 Å². The third-order valence-electron chi connectivity index (χ3n) is 5.94. The Morgan fingerprint density at radius 2 is 1.28 bits per heavy atom. The van der Waals surface area contributed by atoms with Gasteiger partial charge < -0.3 is 24.8 Å². The van der Waals surface area contributed by atoms with Gasteiger partial charge in [0.1, 0.15) is 0 Å². The van der Waals surface area contributed by atoms with Crippen LogP contribution in [-0.2, 0) is 16.8 Å². The van der Waals surface area contributed by atoms with Crippen LogP contribution in [0.15, 0.2) is 52.4 Å². The number of fused-ring (bicyclic) bond motifs is 6. The summed E-state index contributed by atoms with van der Waals surface area (Å²) in [7, 11) is 0. The second-order valence-electron chi connectivity index (χ2n) is 8.56. The average Bonchev–Trinajstić information content (AvgIpc) is 2.86. The molecule has 1 N–H and O–H groups in total. The Balaban J connectivity index is 0.00000140. The quantitative estimate of drug-likeness (QED) is 0.395. The van der Waals surface area contributed by atoms with Crippen molar-refractivity contribution < 1.29 is 41.7 Å². The van der Waals surface area contributed by atoms with Gasteiger partial charge in [0.2, 0.25) is 0 Å². The Morgan fingerprint density at radius 3 is 1.79 bits per heavy atom. The Morgan fingerprint density at radius 1 is 0.828 bits per heavy atom. The fourth-order valence-corrected chi connectivity index (χ4v) is 11.5. The number of rotatable bonds is 3. The third kappa shape index (κ3) is 4.26. The van der Waals surface area contributed by atoms with Gasteiger partial charge in [-0.3, -0.25) is 0 Å². The van der Waals surface area contributed by atoms with E-state index in [1.165, 1.54) is 32.7 Å². The van der Waals surface area contributed by atoms with Gasteiger partial charge in [0.25, 0.3) is 0 Å². The fraction of sp³-hybridized carbons (Fsp3) is 0.333. The van der Waals surface area contributed by atoms with Crippen LogP contribution in [0.4, 0.5) is 0 Å². The first-order valence-corrected chi connectivity index (χ1v) is 14.4. The van der Waals surface area contributed by atoms with Crippen molar-refractivity contribution in [3.05, 3.63) is 63.5 Å². The number of benzene rings is 3. The molecule has 1 unspecified atom stereocenters. The average molecular weight is 482 g/mol. The Kier molecular flexibility index (Phi) is 8.82. The number of hydrogen-bond donors (Lipinski definition) is 1. The van der Waals surface area contributed by atoms with E-state index in [2.05, 4.69) is 90.5 Å². The summed E-state index contributed by atoms with van der Waals surface area (Å²) in [6.45, 7) is 9.36. The zero-order valence-corrected chi connectivity index (χ0v) is 20.6. The van der Waals surface area contributed by atoms with Gasteiger partial charge in [-0.25, -0.2) is 0 Å². The van der Waals surface area contributed by atoms with Gasteiger partial charge in [-0.1, -0.05) is 0 Å². The number of hydrogen-bond acceptors (Lipinski definition) is 1. The first-order valence-electron chi connectivity index (χ1n) is 9.75. The maximum absolute atomic E-state index is 3.98. The van der Waals surface area contributed by atoms with Crippen molar-refractivity contribution in [1.29, 1.82) is 0 Å². The molecule has 0 amide bonds. The monoisotopic (exact) mass is 481 g/mol. The van der Waals surface area contributed by atoms with Crippen molar-refractivity contribution in [1.82, 2.24) is 3.80 Å². The minimum absolute atomic E-state index is 0. The van der Waals surface area contributed by atoms with Crippen molar-refractivity contribution in [2.45, 2.75) is 50.1 Å². The van der Waals surface area contributed by atoms with Gasteiger partial charge in [0.15, 0.2) is 0 Å². The van der Waals surface area contributed by atoms with Crippen LogP contribution in [0, 0.1) is 0 Å². The molecule has 4 rings (SSSR count). The maximum atomic E-state index is 3.98. The minimum Gasteiger partial charge on any atom is -1.00 e. The van der Waals surface area contributed by atoms with Crippen molar-refractivity contribution >= 4 is 38.1 Å². The van der Waals surface area contributed by atoms with E-state index in [0.717, 1.165) is 0 Å². The van der Waals surface area contributed by atoms with Crippen molar-refractivity contribution in [2.75, 3.05) is 0 Å². The number of halogens is 2. The summed E-state index contributed by atoms with van der Waals surface area (Å²) in [4.78, 5) is 0. The van der Waals surface area contributed by atoms with Crippen molar-refractivity contribution in [3.63, 3.8) is 0 Å². The van der Waals surface area contributed by atoms with E-state index in [9.17, 15) is 0 Å². The maximum Gasteiger partial charge on any atom is -0.0149 e. The first-order chi connectivity index (χ1) is 12.3. The molecule has 3 aromatic carbocycles. The van der Waals surface area contributed by atoms with E-state index >= 15 is 0 Å². The van der Waals surface area contributed by atoms with Crippen LogP contribution in [-0.4, -0.2) is 17.0 Å². The van der Waals surface area contributed by atoms with E-state index in [1.54, 1.807) is 9.44 Å². The van der Waals surface area contributed by atoms with E-state index in [4.69, 9.17) is 0 Å². The molecule has 0 bridgehead atoms. The predicted octanol–water partition coefficient (Wildman–Crippen LogP) is -0.439. The molecule has 1 atom stereocenters. The number of nitrogens with one attached hydrogen (secondary N) is 1. The molecule has 1 aliphatic carbocycles. The van der Waals surface area contributed by atoms with Crippen LogP contribution >= 0.6 is 0 Å². The third-order valence-corrected chi connectivity index (χ3v) is 11.3. The zero-order valence-electron chi connectivity index (χ0n) is 17.5. The molecule has 156 valence electrons. The molecule has 0 aliphatic heterocycles. The summed E-state index contributed by atoms with van der Waals surface area (Å²) in [5.41, 5.74) is 4.59. The van der Waals surface area contributed by atoms with Crippen LogP contribution in [0.1, 0.15) is 44.7 Å². The van der Waals surface area contributed by atoms with Crippen LogP contribution in [0.2, 0.25) is 10.5 Å². The molecule has 1 nitrogen and oxygen atoms in total. The Hall–Kier alpha value is -0.609. The molecule has 5 heteroatoms. The van der Waals surface area contributed by atoms with Gasteiger partial charge in [-0.15, -0.1) is 0 Å². The van der Waals surface area contributed by atoms with Gasteiger partial charge in [0.05, 0.1) is 0 Å². The summed E-state index contributed by atoms with van der Waals surface area (Å²) in [5.74, 6) is 0.501. The Labute approximate surface area is 196 Å². The Bertz CT molecular complexity index is 1060. The molecule has 0 aromatic heterocycles. The van der Waals surface area contributed by atoms with E-state index in [-0.39, 0.29) is 35.8 Å². The standard InChI is InChI=1S/C19H15.C3H8N.2CH3.2ClH.H4Si.Ti/c1-12-11-13(2)19-17-10-6-4-8-15(17)14-7-3-5-9-16(14)18(12)19;1-3(2)4;;;;;;/h3-10,12H,1-2H3;3-4H,1-2H3;2*1H3;2*1H;1H4;/q;-1;;;;;;+3/p-2. The van der Waals surface area contributed by atoms with Gasteiger partial charge in [-0.05, 0) is 11.0 Å². The summed E-state index contributed by atoms with van der Waals surface area (Å²) >= 11 is -2.29. The SMILES string of the molecule is CC1=[C]([Ti+2]([CH3])([CH3])[NH]C(C)C)C(C)c2c1c1ccccc1c1ccccc21.[Cl-].[Cl-].[SiH4]. The summed E-state index contributed by atoms with van der Waals surface area (Å²) in [6, 6.07) is 18.5. The molecule has 0 fully saturated rings. The van der Waals surface area contributed by atoms with Crippen molar-refractivity contribution in [2.24, 2.45) is 0 Å². The summed E-state index contributed by atoms with van der Waals surface area (Å²) in [6.07, 6.45) is 0. The second kappa shape index (κ2) is 9.68. The van der Waals surface area contributed by atoms with Gasteiger partial charge in [0, 0.05) is 0 Å².